The third kappa shape index (κ3) is 3.42. The van der Waals surface area contributed by atoms with Crippen molar-refractivity contribution in [2.75, 3.05) is 38.8 Å². The molecule has 4 nitrogen and oxygen atoms in total. The molecule has 0 aromatic heterocycles. The predicted molar refractivity (Wildman–Crippen MR) is 105 cm³/mol. The van der Waals surface area contributed by atoms with Crippen LogP contribution in [0.25, 0.3) is 0 Å². The number of piperidine rings is 1. The Kier molecular flexibility index (Phi) is 5.06. The summed E-state index contributed by atoms with van der Waals surface area (Å²) in [5, 5.41) is 0. The normalized spacial score (nSPS) is 21.9. The van der Waals surface area contributed by atoms with Gasteiger partial charge >= 0.3 is 0 Å². The van der Waals surface area contributed by atoms with Gasteiger partial charge in [-0.05, 0) is 48.7 Å². The summed E-state index contributed by atoms with van der Waals surface area (Å²) in [4.78, 5) is 4.82. The molecule has 2 heterocycles. The van der Waals surface area contributed by atoms with E-state index in [0.717, 1.165) is 50.5 Å². The number of benzene rings is 2. The number of halogens is 1. The van der Waals surface area contributed by atoms with Crippen LogP contribution in [0, 0.1) is 5.82 Å². The summed E-state index contributed by atoms with van der Waals surface area (Å²) in [6, 6.07) is 15.2. The Bertz CT molecular complexity index is 789. The van der Waals surface area contributed by atoms with Crippen LogP contribution in [-0.2, 0) is 11.3 Å². The summed E-state index contributed by atoms with van der Waals surface area (Å²) >= 11 is 0. The molecule has 0 N–H and O–H groups in total. The third-order valence-electron chi connectivity index (χ3n) is 6.15. The Morgan fingerprint density at radius 2 is 1.85 bits per heavy atom. The highest BCUT2D eigenvalue weighted by atomic mass is 19.1. The van der Waals surface area contributed by atoms with Gasteiger partial charge < -0.3 is 14.4 Å². The summed E-state index contributed by atoms with van der Waals surface area (Å²) in [5.74, 6) is 0.718. The molecule has 1 unspecified atom stereocenters. The number of nitrogens with zero attached hydrogens (tertiary/aromatic N) is 2. The van der Waals surface area contributed by atoms with E-state index in [1.54, 1.807) is 26.4 Å². The molecule has 0 saturated carbocycles. The molecule has 2 fully saturated rings. The number of hydrogen-bond donors (Lipinski definition) is 0. The van der Waals surface area contributed by atoms with Gasteiger partial charge in [-0.15, -0.1) is 0 Å². The van der Waals surface area contributed by atoms with Crippen molar-refractivity contribution in [1.82, 2.24) is 4.90 Å². The minimum absolute atomic E-state index is 0.0204. The first-order valence-electron chi connectivity index (χ1n) is 9.56. The Labute approximate surface area is 160 Å². The second kappa shape index (κ2) is 7.49. The van der Waals surface area contributed by atoms with E-state index in [4.69, 9.17) is 9.47 Å². The van der Waals surface area contributed by atoms with Crippen LogP contribution in [0.2, 0.25) is 0 Å². The number of methoxy groups -OCH3 is 2. The van der Waals surface area contributed by atoms with Crippen LogP contribution in [0.4, 0.5) is 10.1 Å². The van der Waals surface area contributed by atoms with E-state index in [9.17, 15) is 4.39 Å². The van der Waals surface area contributed by atoms with Gasteiger partial charge in [-0.25, -0.2) is 4.39 Å². The fourth-order valence-electron chi connectivity index (χ4n) is 4.60. The minimum Gasteiger partial charge on any atom is -0.497 e. The zero-order valence-electron chi connectivity index (χ0n) is 16.0. The van der Waals surface area contributed by atoms with Crippen LogP contribution in [0.5, 0.6) is 5.75 Å². The topological polar surface area (TPSA) is 24.9 Å². The number of anilines is 1. The number of rotatable bonds is 5. The molecule has 0 amide bonds. The first-order chi connectivity index (χ1) is 13.1. The Hall–Kier alpha value is -2.11. The molecule has 144 valence electrons. The molecule has 5 heteroatoms. The second-order valence-corrected chi connectivity index (χ2v) is 7.55. The first-order valence-corrected chi connectivity index (χ1v) is 9.56. The lowest BCUT2D eigenvalue weighted by Crippen LogP contribution is -2.74. The van der Waals surface area contributed by atoms with E-state index in [0.29, 0.717) is 0 Å². The SMILES string of the molecule is COc1cccc(CN2CCC3(CC2)C(OC)CN3c2cccc(F)c2)c1. The zero-order valence-corrected chi connectivity index (χ0v) is 16.0. The monoisotopic (exact) mass is 370 g/mol. The summed E-state index contributed by atoms with van der Waals surface area (Å²) in [6.07, 6.45) is 2.25. The maximum atomic E-state index is 13.7. The lowest BCUT2D eigenvalue weighted by molar-refractivity contribution is -0.0472. The van der Waals surface area contributed by atoms with Crippen LogP contribution < -0.4 is 9.64 Å². The van der Waals surface area contributed by atoms with E-state index in [1.807, 2.05) is 18.2 Å². The molecule has 2 saturated heterocycles. The summed E-state index contributed by atoms with van der Waals surface area (Å²) in [5.41, 5.74) is 2.21. The largest absolute Gasteiger partial charge is 0.497 e. The van der Waals surface area contributed by atoms with Crippen LogP contribution >= 0.6 is 0 Å². The number of hydrogen-bond acceptors (Lipinski definition) is 4. The lowest BCUT2D eigenvalue weighted by Gasteiger charge is -2.62. The van der Waals surface area contributed by atoms with E-state index in [2.05, 4.69) is 21.9 Å². The molecule has 27 heavy (non-hydrogen) atoms. The molecular weight excluding hydrogens is 343 g/mol. The maximum Gasteiger partial charge on any atom is 0.125 e. The molecule has 0 bridgehead atoms. The molecular formula is C22H27FN2O2. The van der Waals surface area contributed by atoms with Crippen LogP contribution in [0.1, 0.15) is 18.4 Å². The van der Waals surface area contributed by atoms with Crippen molar-refractivity contribution < 1.29 is 13.9 Å². The fraction of sp³-hybridized carbons (Fsp3) is 0.455. The van der Waals surface area contributed by atoms with Crippen molar-refractivity contribution in [2.45, 2.75) is 31.0 Å². The van der Waals surface area contributed by atoms with Crippen LogP contribution in [-0.4, -0.2) is 50.4 Å². The highest BCUT2D eigenvalue weighted by Gasteiger charge is 2.54. The molecule has 4 rings (SSSR count). The molecule has 2 aliphatic rings. The van der Waals surface area contributed by atoms with E-state index in [1.165, 1.54) is 11.6 Å². The van der Waals surface area contributed by atoms with E-state index >= 15 is 0 Å². The summed E-state index contributed by atoms with van der Waals surface area (Å²) in [6.45, 7) is 3.76. The van der Waals surface area contributed by atoms with E-state index in [-0.39, 0.29) is 17.5 Å². The first kappa shape index (κ1) is 18.3. The van der Waals surface area contributed by atoms with Crippen LogP contribution in [0.15, 0.2) is 48.5 Å². The standard InChI is InChI=1S/C22H27FN2O2/c1-26-20-8-3-5-17(13-20)15-24-11-9-22(10-12-24)21(27-2)16-25(22)19-7-4-6-18(23)14-19/h3-8,13-14,21H,9-12,15-16H2,1-2H3. The quantitative estimate of drug-likeness (QED) is 0.801. The molecule has 2 aliphatic heterocycles. The van der Waals surface area contributed by atoms with Gasteiger partial charge in [0.25, 0.3) is 0 Å². The molecule has 1 spiro atoms. The Morgan fingerprint density at radius 1 is 1.07 bits per heavy atom. The molecule has 0 aliphatic carbocycles. The van der Waals surface area contributed by atoms with Gasteiger partial charge in [0.15, 0.2) is 0 Å². The van der Waals surface area contributed by atoms with Gasteiger partial charge in [0.2, 0.25) is 0 Å². The molecule has 1 atom stereocenters. The highest BCUT2D eigenvalue weighted by Crippen LogP contribution is 2.44. The van der Waals surface area contributed by atoms with Gasteiger partial charge in [-0.3, -0.25) is 4.90 Å². The molecule has 0 radical (unpaired) electrons. The number of ether oxygens (including phenoxy) is 2. The average Bonchev–Trinajstić information content (AvgIpc) is 2.68. The highest BCUT2D eigenvalue weighted by molar-refractivity contribution is 5.54. The van der Waals surface area contributed by atoms with Crippen molar-refractivity contribution in [3.8, 4) is 5.75 Å². The maximum absolute atomic E-state index is 13.7. The van der Waals surface area contributed by atoms with Crippen molar-refractivity contribution in [3.63, 3.8) is 0 Å². The lowest BCUT2D eigenvalue weighted by atomic mass is 9.73. The summed E-state index contributed by atoms with van der Waals surface area (Å²) < 4.78 is 24.8. The van der Waals surface area contributed by atoms with Crippen molar-refractivity contribution in [1.29, 1.82) is 0 Å². The Morgan fingerprint density at radius 3 is 2.56 bits per heavy atom. The Balaban J connectivity index is 1.45. The fourth-order valence-corrected chi connectivity index (χ4v) is 4.60. The molecule has 2 aromatic carbocycles. The van der Waals surface area contributed by atoms with Crippen molar-refractivity contribution in [3.05, 3.63) is 59.9 Å². The van der Waals surface area contributed by atoms with Crippen molar-refractivity contribution >= 4 is 5.69 Å². The number of likely N-dealkylation sites (tertiary alicyclic amines) is 1. The van der Waals surface area contributed by atoms with E-state index < -0.39 is 0 Å². The van der Waals surface area contributed by atoms with Gasteiger partial charge in [0.05, 0.1) is 18.8 Å². The molecule has 2 aromatic rings. The predicted octanol–water partition coefficient (Wildman–Crippen LogP) is 3.70. The second-order valence-electron chi connectivity index (χ2n) is 7.55. The zero-order chi connectivity index (χ0) is 18.9. The smallest absolute Gasteiger partial charge is 0.125 e. The van der Waals surface area contributed by atoms with Gasteiger partial charge in [0.1, 0.15) is 11.6 Å². The van der Waals surface area contributed by atoms with Crippen molar-refractivity contribution in [2.24, 2.45) is 0 Å². The van der Waals surface area contributed by atoms with Gasteiger partial charge in [0, 0.05) is 39.0 Å². The van der Waals surface area contributed by atoms with Gasteiger partial charge in [-0.2, -0.15) is 0 Å². The third-order valence-corrected chi connectivity index (χ3v) is 6.15. The van der Waals surface area contributed by atoms with Gasteiger partial charge in [-0.1, -0.05) is 18.2 Å². The van der Waals surface area contributed by atoms with Crippen LogP contribution in [0.3, 0.4) is 0 Å². The average molecular weight is 370 g/mol. The minimum atomic E-state index is -0.182. The summed E-state index contributed by atoms with van der Waals surface area (Å²) in [7, 11) is 3.49.